The van der Waals surface area contributed by atoms with Gasteiger partial charge in [-0.2, -0.15) is 0 Å². The van der Waals surface area contributed by atoms with E-state index in [1.54, 1.807) is 12.3 Å². The number of rotatable bonds is 2. The molecule has 3 aromatic rings. The lowest BCUT2D eigenvalue weighted by Crippen LogP contribution is -2.16. The van der Waals surface area contributed by atoms with E-state index in [-0.39, 0.29) is 0 Å². The Morgan fingerprint density at radius 1 is 1.28 bits per heavy atom. The van der Waals surface area contributed by atoms with Crippen LogP contribution in [0.2, 0.25) is 5.02 Å². The van der Waals surface area contributed by atoms with E-state index in [0.29, 0.717) is 16.4 Å². The first-order valence-corrected chi connectivity index (χ1v) is 7.98. The molecule has 0 saturated carbocycles. The summed E-state index contributed by atoms with van der Waals surface area (Å²) < 4.78 is 0. The maximum absolute atomic E-state index is 11.4. The lowest BCUT2D eigenvalue weighted by molar-refractivity contribution is -0.111. The zero-order valence-corrected chi connectivity index (χ0v) is 13.8. The van der Waals surface area contributed by atoms with Crippen LogP contribution < -0.4 is 10.2 Å². The quantitative estimate of drug-likeness (QED) is 0.720. The number of nitrogens with one attached hydrogen (secondary N) is 1. The SMILES string of the molecule is C#CC(=O)Nc1cc2c(N3CCc4ccc(Cl)cc43)ncnc2cn1. The van der Waals surface area contributed by atoms with Crippen LogP contribution in [-0.4, -0.2) is 27.4 Å². The largest absolute Gasteiger partial charge is 0.325 e. The number of aromatic nitrogens is 3. The minimum absolute atomic E-state index is 0.358. The second-order valence-corrected chi connectivity index (χ2v) is 5.99. The summed E-state index contributed by atoms with van der Waals surface area (Å²) in [7, 11) is 0. The van der Waals surface area contributed by atoms with Gasteiger partial charge in [-0.05, 0) is 36.1 Å². The Hall–Kier alpha value is -3.17. The third-order valence-corrected chi connectivity index (χ3v) is 4.31. The van der Waals surface area contributed by atoms with Gasteiger partial charge in [0.15, 0.2) is 0 Å². The lowest BCUT2D eigenvalue weighted by Gasteiger charge is -2.20. The number of benzene rings is 1. The van der Waals surface area contributed by atoms with Gasteiger partial charge in [0.25, 0.3) is 0 Å². The second kappa shape index (κ2) is 6.04. The van der Waals surface area contributed by atoms with Gasteiger partial charge in [-0.15, -0.1) is 6.42 Å². The standard InChI is InChI=1S/C18H12ClN5O/c1-2-17(25)23-16-8-13-14(9-20-16)21-10-22-18(13)24-6-5-11-3-4-12(19)7-15(11)24/h1,3-4,7-10H,5-6H2,(H,20,23,25). The number of fused-ring (bicyclic) bond motifs is 2. The van der Waals surface area contributed by atoms with Gasteiger partial charge in [-0.3, -0.25) is 10.1 Å². The van der Waals surface area contributed by atoms with E-state index in [1.165, 1.54) is 11.9 Å². The zero-order valence-electron chi connectivity index (χ0n) is 13.0. The minimum atomic E-state index is -0.552. The highest BCUT2D eigenvalue weighted by Gasteiger charge is 2.23. The average molecular weight is 350 g/mol. The predicted molar refractivity (Wildman–Crippen MR) is 97.0 cm³/mol. The van der Waals surface area contributed by atoms with Gasteiger partial charge in [-0.25, -0.2) is 15.0 Å². The Morgan fingerprint density at radius 3 is 3.00 bits per heavy atom. The van der Waals surface area contributed by atoms with Crippen LogP contribution in [0, 0.1) is 12.3 Å². The van der Waals surface area contributed by atoms with Crippen LogP contribution in [0.1, 0.15) is 5.56 Å². The number of amides is 1. The number of carbonyl (C=O) groups excluding carboxylic acids is 1. The summed E-state index contributed by atoms with van der Waals surface area (Å²) in [5.74, 6) is 2.55. The first-order valence-electron chi connectivity index (χ1n) is 7.60. The molecule has 0 unspecified atom stereocenters. The molecule has 1 amide bonds. The highest BCUT2D eigenvalue weighted by atomic mass is 35.5. The fourth-order valence-corrected chi connectivity index (χ4v) is 3.12. The molecule has 1 N–H and O–H groups in total. The lowest BCUT2D eigenvalue weighted by atomic mass is 10.2. The van der Waals surface area contributed by atoms with E-state index < -0.39 is 5.91 Å². The number of hydrogen-bond acceptors (Lipinski definition) is 5. The second-order valence-electron chi connectivity index (χ2n) is 5.56. The first kappa shape index (κ1) is 15.4. The zero-order chi connectivity index (χ0) is 17.4. The van der Waals surface area contributed by atoms with E-state index in [0.717, 1.165) is 29.9 Å². The Bertz CT molecular complexity index is 1040. The monoisotopic (exact) mass is 349 g/mol. The highest BCUT2D eigenvalue weighted by Crippen LogP contribution is 2.38. The molecule has 1 aliphatic rings. The molecule has 2 aromatic heterocycles. The maximum atomic E-state index is 11.4. The van der Waals surface area contributed by atoms with Gasteiger partial charge in [0.05, 0.1) is 11.7 Å². The van der Waals surface area contributed by atoms with Crippen LogP contribution in [0.4, 0.5) is 17.3 Å². The van der Waals surface area contributed by atoms with Crippen molar-refractivity contribution in [2.24, 2.45) is 0 Å². The number of pyridine rings is 1. The van der Waals surface area contributed by atoms with Crippen molar-refractivity contribution < 1.29 is 4.79 Å². The predicted octanol–water partition coefficient (Wildman–Crippen LogP) is 2.94. The van der Waals surface area contributed by atoms with Gasteiger partial charge in [0, 0.05) is 22.6 Å². The molecule has 1 aromatic carbocycles. The summed E-state index contributed by atoms with van der Waals surface area (Å²) in [6.07, 6.45) is 9.09. The van der Waals surface area contributed by atoms with Crippen molar-refractivity contribution in [3.05, 3.63) is 47.4 Å². The molecule has 25 heavy (non-hydrogen) atoms. The van der Waals surface area contributed by atoms with Crippen molar-refractivity contribution in [3.63, 3.8) is 0 Å². The highest BCUT2D eigenvalue weighted by molar-refractivity contribution is 6.31. The Morgan fingerprint density at radius 2 is 2.16 bits per heavy atom. The molecule has 0 spiro atoms. The molecule has 122 valence electrons. The number of anilines is 3. The summed E-state index contributed by atoms with van der Waals surface area (Å²) in [5, 5.41) is 4.00. The van der Waals surface area contributed by atoms with Crippen molar-refractivity contribution >= 4 is 45.7 Å². The van der Waals surface area contributed by atoms with Gasteiger partial charge in [0.2, 0.25) is 0 Å². The number of nitrogens with zero attached hydrogens (tertiary/aromatic N) is 4. The van der Waals surface area contributed by atoms with Gasteiger partial charge < -0.3 is 4.90 Å². The molecule has 3 heterocycles. The van der Waals surface area contributed by atoms with Crippen molar-refractivity contribution in [2.45, 2.75) is 6.42 Å². The summed E-state index contributed by atoms with van der Waals surface area (Å²) in [6, 6.07) is 7.57. The molecular weight excluding hydrogens is 338 g/mol. The van der Waals surface area contributed by atoms with Crippen LogP contribution in [-0.2, 0) is 11.2 Å². The molecule has 0 atom stereocenters. The van der Waals surface area contributed by atoms with Crippen LogP contribution >= 0.6 is 11.6 Å². The Balaban J connectivity index is 1.83. The number of hydrogen-bond donors (Lipinski definition) is 1. The molecule has 0 radical (unpaired) electrons. The average Bonchev–Trinajstić information content (AvgIpc) is 3.04. The molecule has 1 aliphatic heterocycles. The summed E-state index contributed by atoms with van der Waals surface area (Å²) in [6.45, 7) is 0.788. The summed E-state index contributed by atoms with van der Waals surface area (Å²) in [5.41, 5.74) is 2.92. The van der Waals surface area contributed by atoms with E-state index in [4.69, 9.17) is 18.0 Å². The molecule has 7 heteroatoms. The summed E-state index contributed by atoms with van der Waals surface area (Å²) in [4.78, 5) is 26.4. The fourth-order valence-electron chi connectivity index (χ4n) is 2.95. The molecular formula is C18H12ClN5O. The van der Waals surface area contributed by atoms with Crippen LogP contribution in [0.15, 0.2) is 36.8 Å². The van der Waals surface area contributed by atoms with E-state index in [9.17, 15) is 4.79 Å². The maximum Gasteiger partial charge on any atom is 0.301 e. The first-order chi connectivity index (χ1) is 12.2. The molecule has 0 aliphatic carbocycles. The number of terminal acetylenes is 1. The smallest absolute Gasteiger partial charge is 0.301 e. The van der Waals surface area contributed by atoms with Gasteiger partial charge in [0.1, 0.15) is 18.0 Å². The van der Waals surface area contributed by atoms with Crippen LogP contribution in [0.25, 0.3) is 10.9 Å². The number of halogens is 1. The van der Waals surface area contributed by atoms with Crippen LogP contribution in [0.5, 0.6) is 0 Å². The van der Waals surface area contributed by atoms with Crippen molar-refractivity contribution in [1.29, 1.82) is 0 Å². The minimum Gasteiger partial charge on any atom is -0.325 e. The van der Waals surface area contributed by atoms with Crippen LogP contribution in [0.3, 0.4) is 0 Å². The molecule has 0 fully saturated rings. The summed E-state index contributed by atoms with van der Waals surface area (Å²) >= 11 is 6.16. The van der Waals surface area contributed by atoms with Crippen molar-refractivity contribution in [2.75, 3.05) is 16.8 Å². The van der Waals surface area contributed by atoms with E-state index in [1.807, 2.05) is 24.1 Å². The molecule has 0 bridgehead atoms. The van der Waals surface area contributed by atoms with Gasteiger partial charge in [-0.1, -0.05) is 17.7 Å². The van der Waals surface area contributed by atoms with Crippen molar-refractivity contribution in [3.8, 4) is 12.3 Å². The molecule has 4 rings (SSSR count). The fraction of sp³-hybridized carbons (Fsp3) is 0.111. The number of carbonyl (C=O) groups is 1. The topological polar surface area (TPSA) is 71.0 Å². The molecule has 0 saturated heterocycles. The van der Waals surface area contributed by atoms with E-state index in [2.05, 4.69) is 25.2 Å². The third-order valence-electron chi connectivity index (χ3n) is 4.07. The molecule has 6 nitrogen and oxygen atoms in total. The normalized spacial score (nSPS) is 12.7. The van der Waals surface area contributed by atoms with E-state index >= 15 is 0 Å². The third kappa shape index (κ3) is 2.75. The van der Waals surface area contributed by atoms with Crippen molar-refractivity contribution in [1.82, 2.24) is 15.0 Å². The Kier molecular flexibility index (Phi) is 3.71. The Labute approximate surface area is 148 Å². The van der Waals surface area contributed by atoms with Gasteiger partial charge >= 0.3 is 5.91 Å².